The quantitative estimate of drug-likeness (QED) is 0.398. The van der Waals surface area contributed by atoms with Crippen LogP contribution in [0.2, 0.25) is 0 Å². The SMILES string of the molecule is Cc1c(CN2CCNCC2)cc(N=[N+]=[N-])cc1S(=O)(=O)F. The zero-order valence-electron chi connectivity index (χ0n) is 11.6. The molecule has 1 saturated heterocycles. The van der Waals surface area contributed by atoms with Crippen molar-refractivity contribution in [2.45, 2.75) is 18.4 Å². The number of azide groups is 1. The lowest BCUT2D eigenvalue weighted by Gasteiger charge is -2.28. The Hall–Kier alpha value is -1.67. The van der Waals surface area contributed by atoms with Crippen LogP contribution < -0.4 is 5.32 Å². The molecule has 2 rings (SSSR count). The van der Waals surface area contributed by atoms with Crippen molar-refractivity contribution in [3.05, 3.63) is 33.7 Å². The molecule has 0 saturated carbocycles. The number of halogens is 1. The fourth-order valence-corrected chi connectivity index (χ4v) is 3.12. The van der Waals surface area contributed by atoms with Gasteiger partial charge in [-0.3, -0.25) is 4.90 Å². The Balaban J connectivity index is 2.43. The molecule has 0 aliphatic carbocycles. The number of hydrogen-bond donors (Lipinski definition) is 1. The average molecular weight is 313 g/mol. The normalized spacial score (nSPS) is 16.5. The van der Waals surface area contributed by atoms with E-state index in [9.17, 15) is 12.3 Å². The van der Waals surface area contributed by atoms with E-state index in [2.05, 4.69) is 20.2 Å². The molecule has 1 heterocycles. The molecule has 1 aromatic carbocycles. The first-order chi connectivity index (χ1) is 9.91. The molecule has 1 N–H and O–H groups in total. The fourth-order valence-electron chi connectivity index (χ4n) is 2.37. The lowest BCUT2D eigenvalue weighted by atomic mass is 10.1. The molecule has 7 nitrogen and oxygen atoms in total. The van der Waals surface area contributed by atoms with Crippen molar-refractivity contribution < 1.29 is 12.3 Å². The van der Waals surface area contributed by atoms with E-state index >= 15 is 0 Å². The van der Waals surface area contributed by atoms with Gasteiger partial charge in [-0.15, -0.1) is 3.89 Å². The Bertz CT molecular complexity index is 679. The highest BCUT2D eigenvalue weighted by Crippen LogP contribution is 2.28. The molecule has 1 aliphatic rings. The number of hydrogen-bond acceptors (Lipinski definition) is 5. The second-order valence-electron chi connectivity index (χ2n) is 4.88. The molecule has 0 spiro atoms. The minimum Gasteiger partial charge on any atom is -0.314 e. The highest BCUT2D eigenvalue weighted by atomic mass is 32.3. The van der Waals surface area contributed by atoms with Crippen LogP contribution >= 0.6 is 0 Å². The maximum atomic E-state index is 13.4. The average Bonchev–Trinajstić information content (AvgIpc) is 2.42. The summed E-state index contributed by atoms with van der Waals surface area (Å²) >= 11 is 0. The van der Waals surface area contributed by atoms with Crippen LogP contribution in [-0.4, -0.2) is 39.5 Å². The first-order valence-corrected chi connectivity index (χ1v) is 7.86. The summed E-state index contributed by atoms with van der Waals surface area (Å²) in [6.45, 7) is 5.40. The first-order valence-electron chi connectivity index (χ1n) is 6.48. The van der Waals surface area contributed by atoms with E-state index in [0.717, 1.165) is 32.2 Å². The monoisotopic (exact) mass is 313 g/mol. The van der Waals surface area contributed by atoms with Crippen LogP contribution in [0, 0.1) is 6.92 Å². The summed E-state index contributed by atoms with van der Waals surface area (Å²) in [7, 11) is -4.85. The van der Waals surface area contributed by atoms with E-state index in [1.54, 1.807) is 13.0 Å². The second-order valence-corrected chi connectivity index (χ2v) is 6.20. The maximum absolute atomic E-state index is 13.4. The van der Waals surface area contributed by atoms with Crippen LogP contribution in [0.3, 0.4) is 0 Å². The van der Waals surface area contributed by atoms with Gasteiger partial charge in [0.2, 0.25) is 0 Å². The van der Waals surface area contributed by atoms with Crippen molar-refractivity contribution in [1.82, 2.24) is 10.2 Å². The molecule has 1 aliphatic heterocycles. The molecule has 0 aromatic heterocycles. The Morgan fingerprint density at radius 3 is 2.67 bits per heavy atom. The number of benzene rings is 1. The van der Waals surface area contributed by atoms with Gasteiger partial charge >= 0.3 is 10.2 Å². The summed E-state index contributed by atoms with van der Waals surface area (Å²) in [6, 6.07) is 2.66. The molecule has 0 atom stereocenters. The molecule has 0 amide bonds. The highest BCUT2D eigenvalue weighted by molar-refractivity contribution is 7.86. The van der Waals surface area contributed by atoms with Gasteiger partial charge in [0.1, 0.15) is 4.90 Å². The minimum absolute atomic E-state index is 0.101. The first kappa shape index (κ1) is 15.7. The minimum atomic E-state index is -4.85. The smallest absolute Gasteiger partial charge is 0.314 e. The van der Waals surface area contributed by atoms with Gasteiger partial charge < -0.3 is 5.32 Å². The number of nitrogens with zero attached hydrogens (tertiary/aromatic N) is 4. The van der Waals surface area contributed by atoms with Crippen molar-refractivity contribution in [3.8, 4) is 0 Å². The summed E-state index contributed by atoms with van der Waals surface area (Å²) in [5, 5.41) is 6.61. The maximum Gasteiger partial charge on any atom is 0.332 e. The topological polar surface area (TPSA) is 98.2 Å². The predicted molar refractivity (Wildman–Crippen MR) is 76.4 cm³/mol. The van der Waals surface area contributed by atoms with Gasteiger partial charge in [0, 0.05) is 43.3 Å². The van der Waals surface area contributed by atoms with Gasteiger partial charge in [-0.1, -0.05) is 5.11 Å². The fraction of sp³-hybridized carbons (Fsp3) is 0.500. The Labute approximate surface area is 122 Å². The summed E-state index contributed by atoms with van der Waals surface area (Å²) in [5.41, 5.74) is 9.60. The summed E-state index contributed by atoms with van der Waals surface area (Å²) in [6.07, 6.45) is 0. The second kappa shape index (κ2) is 6.40. The number of nitrogens with one attached hydrogen (secondary N) is 1. The van der Waals surface area contributed by atoms with Crippen LogP contribution in [-0.2, 0) is 16.8 Å². The summed E-state index contributed by atoms with van der Waals surface area (Å²) in [4.78, 5) is 4.33. The highest BCUT2D eigenvalue weighted by Gasteiger charge is 2.20. The van der Waals surface area contributed by atoms with Crippen LogP contribution in [0.15, 0.2) is 22.1 Å². The predicted octanol–water partition coefficient (Wildman–Crippen LogP) is 2.00. The van der Waals surface area contributed by atoms with E-state index < -0.39 is 15.1 Å². The molecular weight excluding hydrogens is 297 g/mol. The largest absolute Gasteiger partial charge is 0.332 e. The van der Waals surface area contributed by atoms with E-state index in [4.69, 9.17) is 5.53 Å². The molecule has 1 aromatic rings. The van der Waals surface area contributed by atoms with Crippen LogP contribution in [0.5, 0.6) is 0 Å². The lowest BCUT2D eigenvalue weighted by Crippen LogP contribution is -2.43. The van der Waals surface area contributed by atoms with Gasteiger partial charge in [0.15, 0.2) is 0 Å². The van der Waals surface area contributed by atoms with Gasteiger partial charge in [0.25, 0.3) is 0 Å². The summed E-state index contributed by atoms with van der Waals surface area (Å²) in [5.74, 6) is 0. The molecular formula is C12H16FN5O2S. The third kappa shape index (κ3) is 3.92. The Morgan fingerprint density at radius 1 is 1.43 bits per heavy atom. The third-order valence-electron chi connectivity index (χ3n) is 3.48. The van der Waals surface area contributed by atoms with E-state index in [1.165, 1.54) is 0 Å². The Morgan fingerprint density at radius 2 is 2.10 bits per heavy atom. The van der Waals surface area contributed by atoms with Gasteiger partial charge in [-0.25, -0.2) is 0 Å². The van der Waals surface area contributed by atoms with E-state index in [0.29, 0.717) is 17.7 Å². The third-order valence-corrected chi connectivity index (χ3v) is 4.43. The molecule has 1 fully saturated rings. The molecule has 9 heteroatoms. The molecule has 21 heavy (non-hydrogen) atoms. The lowest BCUT2D eigenvalue weighted by molar-refractivity contribution is 0.232. The molecule has 0 unspecified atom stereocenters. The summed E-state index contributed by atoms with van der Waals surface area (Å²) < 4.78 is 35.8. The van der Waals surface area contributed by atoms with Crippen LogP contribution in [0.25, 0.3) is 10.4 Å². The number of piperazine rings is 1. The molecule has 114 valence electrons. The van der Waals surface area contributed by atoms with Crippen molar-refractivity contribution in [2.75, 3.05) is 26.2 Å². The van der Waals surface area contributed by atoms with E-state index in [1.807, 2.05) is 0 Å². The zero-order valence-corrected chi connectivity index (χ0v) is 12.4. The number of rotatable bonds is 4. The van der Waals surface area contributed by atoms with Crippen molar-refractivity contribution >= 4 is 15.9 Å². The van der Waals surface area contributed by atoms with Crippen LogP contribution in [0.4, 0.5) is 9.57 Å². The van der Waals surface area contributed by atoms with Crippen molar-refractivity contribution in [1.29, 1.82) is 0 Å². The van der Waals surface area contributed by atoms with E-state index in [-0.39, 0.29) is 5.69 Å². The molecule has 0 bridgehead atoms. The van der Waals surface area contributed by atoms with Gasteiger partial charge in [-0.2, -0.15) is 8.42 Å². The van der Waals surface area contributed by atoms with Crippen LogP contribution in [0.1, 0.15) is 11.1 Å². The standard InChI is InChI=1S/C12H16FN5O2S/c1-9-10(8-18-4-2-15-3-5-18)6-11(16-17-14)7-12(9)21(13,19)20/h6-7,15H,2-5,8H2,1H3. The Kier molecular flexibility index (Phi) is 4.79. The molecule has 0 radical (unpaired) electrons. The van der Waals surface area contributed by atoms with Crippen molar-refractivity contribution in [3.63, 3.8) is 0 Å². The zero-order chi connectivity index (χ0) is 15.5. The van der Waals surface area contributed by atoms with Gasteiger partial charge in [-0.05, 0) is 35.7 Å². The van der Waals surface area contributed by atoms with Gasteiger partial charge in [0.05, 0.1) is 0 Å². The van der Waals surface area contributed by atoms with Crippen molar-refractivity contribution in [2.24, 2.45) is 5.11 Å².